The Labute approximate surface area is 110 Å². The molecule has 0 heterocycles. The monoisotopic (exact) mass is 292 g/mol. The Morgan fingerprint density at radius 1 is 1.28 bits per heavy atom. The molecule has 1 N–H and O–H groups in total. The van der Waals surface area contributed by atoms with E-state index in [0.29, 0.717) is 0 Å². The second-order valence-electron chi connectivity index (χ2n) is 4.67. The molecule has 0 saturated heterocycles. The highest BCUT2D eigenvalue weighted by Gasteiger charge is 2.29. The first-order chi connectivity index (χ1) is 8.03. The molecular formula is C10H13ClN2O4S. The molecule has 1 aromatic carbocycles. The van der Waals surface area contributed by atoms with Gasteiger partial charge >= 0.3 is 0 Å². The number of nitrogens with one attached hydrogen (secondary N) is 1. The number of non-ortho nitro benzene ring substituents is 1. The minimum atomic E-state index is -3.64. The fourth-order valence-corrected chi connectivity index (χ4v) is 2.01. The van der Waals surface area contributed by atoms with Gasteiger partial charge < -0.3 is 0 Å². The van der Waals surface area contributed by atoms with Crippen molar-refractivity contribution in [2.75, 3.05) is 4.72 Å². The lowest BCUT2D eigenvalue weighted by Crippen LogP contribution is -2.33. The van der Waals surface area contributed by atoms with E-state index in [2.05, 4.69) is 4.72 Å². The van der Waals surface area contributed by atoms with E-state index < -0.39 is 19.7 Å². The first-order valence-corrected chi connectivity index (χ1v) is 6.86. The number of rotatable bonds is 3. The number of benzene rings is 1. The highest BCUT2D eigenvalue weighted by Crippen LogP contribution is 2.27. The van der Waals surface area contributed by atoms with Crippen LogP contribution in [0.25, 0.3) is 0 Å². The lowest BCUT2D eigenvalue weighted by molar-refractivity contribution is -0.384. The largest absolute Gasteiger partial charge is 0.283 e. The van der Waals surface area contributed by atoms with Crippen molar-refractivity contribution in [2.24, 2.45) is 0 Å². The third kappa shape index (κ3) is 3.33. The molecule has 0 unspecified atom stereocenters. The number of hydrogen-bond donors (Lipinski definition) is 1. The van der Waals surface area contributed by atoms with E-state index in [0.717, 1.165) is 12.1 Å². The van der Waals surface area contributed by atoms with Crippen LogP contribution in [0.3, 0.4) is 0 Å². The van der Waals surface area contributed by atoms with E-state index in [1.165, 1.54) is 26.8 Å². The third-order valence-corrected chi connectivity index (χ3v) is 4.49. The van der Waals surface area contributed by atoms with Crippen molar-refractivity contribution < 1.29 is 13.3 Å². The van der Waals surface area contributed by atoms with E-state index in [-0.39, 0.29) is 16.4 Å². The summed E-state index contributed by atoms with van der Waals surface area (Å²) >= 11 is 5.70. The summed E-state index contributed by atoms with van der Waals surface area (Å²) in [7, 11) is -3.64. The fourth-order valence-electron chi connectivity index (χ4n) is 1.05. The summed E-state index contributed by atoms with van der Waals surface area (Å²) in [5.41, 5.74) is -0.196. The van der Waals surface area contributed by atoms with Crippen LogP contribution in [0, 0.1) is 10.1 Å². The van der Waals surface area contributed by atoms with E-state index in [1.807, 2.05) is 0 Å². The summed E-state index contributed by atoms with van der Waals surface area (Å²) in [4.78, 5) is 10.00. The zero-order valence-corrected chi connectivity index (χ0v) is 11.7. The summed E-state index contributed by atoms with van der Waals surface area (Å²) in [6.45, 7) is 4.57. The number of nitro benzene ring substituents is 1. The normalized spacial score (nSPS) is 12.2. The zero-order chi connectivity index (χ0) is 14.1. The Morgan fingerprint density at radius 3 is 2.28 bits per heavy atom. The van der Waals surface area contributed by atoms with Crippen LogP contribution in [0.15, 0.2) is 18.2 Å². The molecule has 0 amide bonds. The zero-order valence-electron chi connectivity index (χ0n) is 10.1. The van der Waals surface area contributed by atoms with E-state index in [1.54, 1.807) is 0 Å². The second kappa shape index (κ2) is 4.74. The van der Waals surface area contributed by atoms with Crippen molar-refractivity contribution in [1.29, 1.82) is 0 Å². The molecule has 0 saturated carbocycles. The van der Waals surface area contributed by atoms with Crippen molar-refractivity contribution in [2.45, 2.75) is 25.5 Å². The molecule has 6 nitrogen and oxygen atoms in total. The van der Waals surface area contributed by atoms with Crippen LogP contribution in [0.5, 0.6) is 0 Å². The summed E-state index contributed by atoms with van der Waals surface area (Å²) in [5.74, 6) is 0. The van der Waals surface area contributed by atoms with Gasteiger partial charge in [0, 0.05) is 17.2 Å². The molecule has 0 aliphatic heterocycles. The molecule has 8 heteroatoms. The second-order valence-corrected chi connectivity index (χ2v) is 7.55. The topological polar surface area (TPSA) is 89.3 Å². The van der Waals surface area contributed by atoms with Crippen molar-refractivity contribution in [3.63, 3.8) is 0 Å². The Morgan fingerprint density at radius 2 is 1.83 bits per heavy atom. The number of nitro groups is 1. The van der Waals surface area contributed by atoms with Crippen molar-refractivity contribution in [1.82, 2.24) is 0 Å². The number of hydrogen-bond acceptors (Lipinski definition) is 4. The van der Waals surface area contributed by atoms with Gasteiger partial charge in [0.1, 0.15) is 0 Å². The Hall–Kier alpha value is -1.34. The van der Waals surface area contributed by atoms with Gasteiger partial charge in [-0.2, -0.15) is 0 Å². The minimum Gasteiger partial charge on any atom is -0.283 e. The van der Waals surface area contributed by atoms with Gasteiger partial charge in [-0.3, -0.25) is 14.8 Å². The summed E-state index contributed by atoms with van der Waals surface area (Å²) < 4.78 is 25.0. The fraction of sp³-hybridized carbons (Fsp3) is 0.400. The molecule has 0 aliphatic carbocycles. The molecule has 0 fully saturated rings. The Balaban J connectivity index is 3.17. The lowest BCUT2D eigenvalue weighted by atomic mass is 10.3. The van der Waals surface area contributed by atoms with Crippen LogP contribution in [0.2, 0.25) is 5.02 Å². The van der Waals surface area contributed by atoms with Crippen LogP contribution in [-0.2, 0) is 10.0 Å². The minimum absolute atomic E-state index is 0.0733. The number of sulfonamides is 1. The maximum atomic E-state index is 11.9. The molecule has 100 valence electrons. The molecule has 0 aromatic heterocycles. The molecule has 0 atom stereocenters. The number of anilines is 1. The SMILES string of the molecule is CC(C)(C)S(=O)(=O)Nc1cc(Cl)cc([N+](=O)[O-])c1. The first-order valence-electron chi connectivity index (χ1n) is 5.00. The summed E-state index contributed by atoms with van der Waals surface area (Å²) in [6.07, 6.45) is 0. The summed E-state index contributed by atoms with van der Waals surface area (Å²) in [6, 6.07) is 3.59. The average Bonchev–Trinajstić information content (AvgIpc) is 2.13. The Kier molecular flexibility index (Phi) is 3.87. The Bertz CT molecular complexity index is 578. The molecule has 18 heavy (non-hydrogen) atoms. The number of halogens is 1. The molecule has 0 radical (unpaired) electrons. The van der Waals surface area contributed by atoms with Gasteiger partial charge in [0.05, 0.1) is 15.4 Å². The van der Waals surface area contributed by atoms with Gasteiger partial charge in [0.15, 0.2) is 0 Å². The van der Waals surface area contributed by atoms with Crippen LogP contribution < -0.4 is 4.72 Å². The molecule has 0 bridgehead atoms. The lowest BCUT2D eigenvalue weighted by Gasteiger charge is -2.20. The van der Waals surface area contributed by atoms with Crippen molar-refractivity contribution >= 4 is 33.0 Å². The van der Waals surface area contributed by atoms with Gasteiger partial charge in [-0.15, -0.1) is 0 Å². The third-order valence-electron chi connectivity index (χ3n) is 2.15. The van der Waals surface area contributed by atoms with E-state index in [4.69, 9.17) is 11.6 Å². The van der Waals surface area contributed by atoms with Crippen LogP contribution >= 0.6 is 11.6 Å². The maximum absolute atomic E-state index is 11.9. The predicted octanol–water partition coefficient (Wildman–Crippen LogP) is 2.79. The standard InChI is InChI=1S/C10H13ClN2O4S/c1-10(2,3)18(16,17)12-8-4-7(11)5-9(6-8)13(14)15/h4-6,12H,1-3H3. The van der Waals surface area contributed by atoms with Crippen LogP contribution in [0.4, 0.5) is 11.4 Å². The van der Waals surface area contributed by atoms with E-state index in [9.17, 15) is 18.5 Å². The maximum Gasteiger partial charge on any atom is 0.273 e. The predicted molar refractivity (Wildman–Crippen MR) is 70.4 cm³/mol. The van der Waals surface area contributed by atoms with Crippen LogP contribution in [-0.4, -0.2) is 18.1 Å². The molecule has 0 spiro atoms. The smallest absolute Gasteiger partial charge is 0.273 e. The van der Waals surface area contributed by atoms with Gasteiger partial charge in [0.25, 0.3) is 5.69 Å². The van der Waals surface area contributed by atoms with Gasteiger partial charge in [-0.05, 0) is 26.8 Å². The van der Waals surface area contributed by atoms with E-state index >= 15 is 0 Å². The quantitative estimate of drug-likeness (QED) is 0.685. The van der Waals surface area contributed by atoms with Gasteiger partial charge in [0.2, 0.25) is 10.0 Å². The number of nitrogens with zero attached hydrogens (tertiary/aromatic N) is 1. The van der Waals surface area contributed by atoms with Gasteiger partial charge in [-0.1, -0.05) is 11.6 Å². The molecular weight excluding hydrogens is 280 g/mol. The highest BCUT2D eigenvalue weighted by atomic mass is 35.5. The first kappa shape index (κ1) is 14.7. The average molecular weight is 293 g/mol. The molecule has 0 aliphatic rings. The molecule has 1 rings (SSSR count). The van der Waals surface area contributed by atoms with Crippen molar-refractivity contribution in [3.05, 3.63) is 33.3 Å². The summed E-state index contributed by atoms with van der Waals surface area (Å²) in [5, 5.41) is 10.7. The van der Waals surface area contributed by atoms with Crippen molar-refractivity contribution in [3.8, 4) is 0 Å². The highest BCUT2D eigenvalue weighted by molar-refractivity contribution is 7.94. The van der Waals surface area contributed by atoms with Gasteiger partial charge in [-0.25, -0.2) is 8.42 Å². The molecule has 1 aromatic rings. The van der Waals surface area contributed by atoms with Crippen LogP contribution in [0.1, 0.15) is 20.8 Å².